The summed E-state index contributed by atoms with van der Waals surface area (Å²) in [6.07, 6.45) is 2.01. The summed E-state index contributed by atoms with van der Waals surface area (Å²) in [6, 6.07) is 0. The summed E-state index contributed by atoms with van der Waals surface area (Å²) in [5.74, 6) is 0.986. The normalized spacial score (nSPS) is 8.67. The average Bonchev–Trinajstić information content (AvgIpc) is 1.81. The first-order valence-electron chi connectivity index (χ1n) is 2.56. The van der Waals surface area contributed by atoms with Crippen molar-refractivity contribution in [3.05, 3.63) is 0 Å². The Balaban J connectivity index is 0. The molecule has 9 heavy (non-hydrogen) atoms. The van der Waals surface area contributed by atoms with E-state index in [4.69, 9.17) is 4.74 Å². The molecule has 0 bridgehead atoms. The second kappa shape index (κ2) is 12.0. The molecule has 0 aliphatic carbocycles. The Morgan fingerprint density at radius 3 is 2.56 bits per heavy atom. The van der Waals surface area contributed by atoms with Gasteiger partial charge in [0.2, 0.25) is 0 Å². The number of hydrogen-bond acceptors (Lipinski definition) is 3. The van der Waals surface area contributed by atoms with Gasteiger partial charge < -0.3 is 9.84 Å². The molecule has 0 N–H and O–H groups in total. The molecule has 0 saturated carbocycles. The number of hydrogen-bond donors (Lipinski definition) is 0. The van der Waals surface area contributed by atoms with Crippen LogP contribution in [0.4, 0.5) is 0 Å². The molecule has 0 saturated heterocycles. The summed E-state index contributed by atoms with van der Waals surface area (Å²) in [6.45, 7) is 0.957. The fourth-order valence-electron chi connectivity index (χ4n) is 0.303. The Morgan fingerprint density at radius 2 is 2.11 bits per heavy atom. The second-order valence-corrected chi connectivity index (χ2v) is 2.29. The van der Waals surface area contributed by atoms with Gasteiger partial charge in [0, 0.05) is 12.4 Å². The second-order valence-electron chi connectivity index (χ2n) is 1.31. The van der Waals surface area contributed by atoms with E-state index in [-0.39, 0.29) is 36.2 Å². The van der Waals surface area contributed by atoms with Gasteiger partial charge in [0.15, 0.2) is 0 Å². The summed E-state index contributed by atoms with van der Waals surface area (Å²) in [7, 11) is 0. The number of rotatable bonds is 5. The maximum Gasteiger partial charge on any atom is 1.00 e. The Morgan fingerprint density at radius 1 is 1.44 bits per heavy atom. The topological polar surface area (TPSA) is 32.3 Å². The molecule has 0 amide bonds. The van der Waals surface area contributed by atoms with Gasteiger partial charge in [0.25, 0.3) is 0 Å². The van der Waals surface area contributed by atoms with Crippen molar-refractivity contribution in [2.75, 3.05) is 31.8 Å². The molecule has 0 aromatic heterocycles. The van der Waals surface area contributed by atoms with Crippen molar-refractivity contribution in [1.82, 2.24) is 0 Å². The zero-order valence-electron chi connectivity index (χ0n) is 6.05. The molecule has 0 heterocycles. The van der Waals surface area contributed by atoms with Crippen molar-refractivity contribution >= 4 is 11.8 Å². The van der Waals surface area contributed by atoms with Crippen LogP contribution in [0.5, 0.6) is 0 Å². The van der Waals surface area contributed by atoms with Crippen molar-refractivity contribution in [3.63, 3.8) is 0 Å². The van der Waals surface area contributed by atoms with Gasteiger partial charge in [-0.2, -0.15) is 11.8 Å². The average molecular weight is 158 g/mol. The van der Waals surface area contributed by atoms with Crippen molar-refractivity contribution in [3.8, 4) is 0 Å². The van der Waals surface area contributed by atoms with Crippen LogP contribution in [0.25, 0.3) is 0 Å². The largest absolute Gasteiger partial charge is 1.00 e. The Labute approximate surface area is 82.6 Å². The third-order valence-electron chi connectivity index (χ3n) is 0.659. The minimum atomic E-state index is -0.117. The van der Waals surface area contributed by atoms with Gasteiger partial charge in [-0.1, -0.05) is 0 Å². The fourth-order valence-corrected chi connectivity index (χ4v) is 0.588. The van der Waals surface area contributed by atoms with Crippen molar-refractivity contribution in [2.45, 2.75) is 0 Å². The first kappa shape index (κ1) is 12.9. The fraction of sp³-hybridized carbons (Fsp3) is 1.00. The van der Waals surface area contributed by atoms with Crippen LogP contribution in [-0.4, -0.2) is 31.8 Å². The molecule has 4 heteroatoms. The molecule has 0 aromatic carbocycles. The molecule has 0 aromatic rings. The van der Waals surface area contributed by atoms with E-state index in [9.17, 15) is 5.11 Å². The Bertz CT molecular complexity index is 39.9. The quantitative estimate of drug-likeness (QED) is 0.311. The maximum atomic E-state index is 9.76. The summed E-state index contributed by atoms with van der Waals surface area (Å²) in [4.78, 5) is 0. The molecule has 0 atom stereocenters. The van der Waals surface area contributed by atoms with E-state index in [1.165, 1.54) is 0 Å². The zero-order valence-corrected chi connectivity index (χ0v) is 8.87. The van der Waals surface area contributed by atoms with E-state index in [0.29, 0.717) is 13.2 Å². The van der Waals surface area contributed by atoms with E-state index in [2.05, 4.69) is 0 Å². The summed E-state index contributed by atoms with van der Waals surface area (Å²) >= 11 is 1.73. The minimum absolute atomic E-state index is 0. The van der Waals surface area contributed by atoms with Crippen LogP contribution in [0, 0.1) is 0 Å². The third-order valence-corrected chi connectivity index (χ3v) is 1.23. The smallest absolute Gasteiger partial charge is 0.853 e. The van der Waals surface area contributed by atoms with Crippen LogP contribution >= 0.6 is 11.8 Å². The molecule has 0 rings (SSSR count). The van der Waals surface area contributed by atoms with E-state index < -0.39 is 0 Å². The predicted molar refractivity (Wildman–Crippen MR) is 34.1 cm³/mol. The third kappa shape index (κ3) is 12.5. The van der Waals surface area contributed by atoms with Crippen LogP contribution in [0.2, 0.25) is 0 Å². The summed E-state index contributed by atoms with van der Waals surface area (Å²) < 4.78 is 4.89. The van der Waals surface area contributed by atoms with E-state index in [1.807, 2.05) is 6.26 Å². The first-order chi connectivity index (χ1) is 3.91. The van der Waals surface area contributed by atoms with E-state index in [1.54, 1.807) is 11.8 Å². The van der Waals surface area contributed by atoms with Crippen LogP contribution in [0.15, 0.2) is 0 Å². The van der Waals surface area contributed by atoms with Gasteiger partial charge in [0.1, 0.15) is 0 Å². The van der Waals surface area contributed by atoms with Gasteiger partial charge >= 0.3 is 29.6 Å². The van der Waals surface area contributed by atoms with Crippen molar-refractivity contribution < 1.29 is 39.4 Å². The predicted octanol–water partition coefficient (Wildman–Crippen LogP) is -3.27. The SMILES string of the molecule is CSCCOCC[O-].[Na+]. The molecule has 0 aliphatic heterocycles. The van der Waals surface area contributed by atoms with Crippen LogP contribution < -0.4 is 34.7 Å². The van der Waals surface area contributed by atoms with E-state index >= 15 is 0 Å². The standard InChI is InChI=1S/C5H11O2S.Na/c1-8-5-4-7-3-2-6;/h2-5H2,1H3;/q-1;+1. The van der Waals surface area contributed by atoms with Gasteiger partial charge in [-0.15, -0.1) is 6.61 Å². The molecule has 0 unspecified atom stereocenters. The van der Waals surface area contributed by atoms with Gasteiger partial charge in [-0.25, -0.2) is 0 Å². The summed E-state index contributed by atoms with van der Waals surface area (Å²) in [5.41, 5.74) is 0. The Hall–Kier alpha value is 1.27. The molecule has 0 aliphatic rings. The van der Waals surface area contributed by atoms with Gasteiger partial charge in [-0.05, 0) is 6.26 Å². The van der Waals surface area contributed by atoms with Crippen molar-refractivity contribution in [1.29, 1.82) is 0 Å². The minimum Gasteiger partial charge on any atom is -0.853 e. The molecular weight excluding hydrogens is 147 g/mol. The zero-order chi connectivity index (χ0) is 6.24. The number of thioether (sulfide) groups is 1. The molecule has 2 nitrogen and oxygen atoms in total. The first-order valence-corrected chi connectivity index (χ1v) is 3.96. The van der Waals surface area contributed by atoms with Crippen molar-refractivity contribution in [2.24, 2.45) is 0 Å². The molecular formula is C5H11NaO2S. The molecule has 0 radical (unpaired) electrons. The summed E-state index contributed by atoms with van der Waals surface area (Å²) in [5, 5.41) is 9.76. The van der Waals surface area contributed by atoms with E-state index in [0.717, 1.165) is 5.75 Å². The van der Waals surface area contributed by atoms with Crippen LogP contribution in [0.1, 0.15) is 0 Å². The van der Waals surface area contributed by atoms with Crippen LogP contribution in [0.3, 0.4) is 0 Å². The Kier molecular flexibility index (Phi) is 17.2. The van der Waals surface area contributed by atoms with Crippen LogP contribution in [-0.2, 0) is 4.74 Å². The molecule has 0 spiro atoms. The van der Waals surface area contributed by atoms with Gasteiger partial charge in [-0.3, -0.25) is 0 Å². The number of ether oxygens (including phenoxy) is 1. The molecule has 50 valence electrons. The van der Waals surface area contributed by atoms with Gasteiger partial charge in [0.05, 0.1) is 6.61 Å². The molecule has 0 fully saturated rings. The maximum absolute atomic E-state index is 9.76. The monoisotopic (exact) mass is 158 g/mol.